The monoisotopic (exact) mass is 330 g/mol. The van der Waals surface area contributed by atoms with E-state index in [4.69, 9.17) is 9.98 Å². The number of benzene rings is 1. The first-order valence-electron chi connectivity index (χ1n) is 8.20. The van der Waals surface area contributed by atoms with E-state index >= 15 is 0 Å². The molecule has 2 rings (SSSR count). The van der Waals surface area contributed by atoms with E-state index in [1.54, 1.807) is 11.3 Å². The summed E-state index contributed by atoms with van der Waals surface area (Å²) in [6.45, 7) is 9.99. The minimum atomic E-state index is 0.412. The molecule has 0 aliphatic heterocycles. The second kappa shape index (κ2) is 8.67. The van der Waals surface area contributed by atoms with E-state index in [-0.39, 0.29) is 0 Å². The van der Waals surface area contributed by atoms with Crippen LogP contribution < -0.4 is 10.6 Å². The van der Waals surface area contributed by atoms with Crippen LogP contribution in [0.3, 0.4) is 0 Å². The molecule has 0 aliphatic carbocycles. The zero-order chi connectivity index (χ0) is 16.7. The molecule has 1 heterocycles. The van der Waals surface area contributed by atoms with Crippen LogP contribution in [0.5, 0.6) is 0 Å². The van der Waals surface area contributed by atoms with Crippen molar-refractivity contribution in [2.45, 2.75) is 46.7 Å². The Balaban J connectivity index is 2.12. The molecule has 1 atom stereocenters. The molecule has 2 aromatic rings. The smallest absolute Gasteiger partial charge is 0.191 e. The molecule has 2 N–H and O–H groups in total. The SMILES string of the molecule is CCNC(=NCc1sc(-c2ccccc2)nc1C)NC(C)CC. The predicted molar refractivity (Wildman–Crippen MR) is 100.0 cm³/mol. The molecule has 1 aromatic carbocycles. The molecule has 0 amide bonds. The molecule has 5 heteroatoms. The van der Waals surface area contributed by atoms with Crippen LogP contribution in [-0.4, -0.2) is 23.5 Å². The number of rotatable bonds is 6. The molecule has 23 heavy (non-hydrogen) atoms. The Morgan fingerprint density at radius 1 is 1.26 bits per heavy atom. The van der Waals surface area contributed by atoms with Crippen molar-refractivity contribution >= 4 is 17.3 Å². The third kappa shape index (κ3) is 5.06. The Kier molecular flexibility index (Phi) is 6.59. The Labute approximate surface area is 143 Å². The van der Waals surface area contributed by atoms with Crippen molar-refractivity contribution in [1.29, 1.82) is 0 Å². The van der Waals surface area contributed by atoms with E-state index in [1.165, 1.54) is 10.4 Å². The van der Waals surface area contributed by atoms with Crippen LogP contribution in [0.1, 0.15) is 37.8 Å². The van der Waals surface area contributed by atoms with Gasteiger partial charge in [0, 0.05) is 23.0 Å². The lowest BCUT2D eigenvalue weighted by Gasteiger charge is -2.15. The Morgan fingerprint density at radius 2 is 2.00 bits per heavy atom. The number of nitrogens with one attached hydrogen (secondary N) is 2. The van der Waals surface area contributed by atoms with Gasteiger partial charge in [0.1, 0.15) is 5.01 Å². The number of aromatic nitrogens is 1. The summed E-state index contributed by atoms with van der Waals surface area (Å²) in [4.78, 5) is 10.6. The van der Waals surface area contributed by atoms with Gasteiger partial charge in [-0.15, -0.1) is 11.3 Å². The summed E-state index contributed by atoms with van der Waals surface area (Å²) < 4.78 is 0. The number of nitrogens with zero attached hydrogens (tertiary/aromatic N) is 2. The summed E-state index contributed by atoms with van der Waals surface area (Å²) in [5.41, 5.74) is 2.23. The van der Waals surface area contributed by atoms with E-state index in [9.17, 15) is 0 Å². The molecule has 0 bridgehead atoms. The molecule has 1 unspecified atom stereocenters. The first-order chi connectivity index (χ1) is 11.1. The van der Waals surface area contributed by atoms with Crippen LogP contribution in [0.2, 0.25) is 0 Å². The van der Waals surface area contributed by atoms with Gasteiger partial charge < -0.3 is 10.6 Å². The topological polar surface area (TPSA) is 49.3 Å². The van der Waals surface area contributed by atoms with Crippen LogP contribution in [0, 0.1) is 6.92 Å². The highest BCUT2D eigenvalue weighted by Crippen LogP contribution is 2.28. The fourth-order valence-corrected chi connectivity index (χ4v) is 3.08. The average molecular weight is 331 g/mol. The summed E-state index contributed by atoms with van der Waals surface area (Å²) in [7, 11) is 0. The standard InChI is InChI=1S/C18H26N4S/c1-5-13(3)21-18(19-6-2)20-12-16-14(4)22-17(23-16)15-10-8-7-9-11-15/h7-11,13H,5-6,12H2,1-4H3,(H2,19,20,21). The number of thiazole rings is 1. The average Bonchev–Trinajstić information content (AvgIpc) is 2.94. The highest BCUT2D eigenvalue weighted by molar-refractivity contribution is 7.15. The molecule has 0 aliphatic rings. The van der Waals surface area contributed by atoms with Gasteiger partial charge in [-0.1, -0.05) is 37.3 Å². The maximum atomic E-state index is 4.70. The highest BCUT2D eigenvalue weighted by Gasteiger charge is 2.09. The normalized spacial score (nSPS) is 13.0. The minimum Gasteiger partial charge on any atom is -0.357 e. The lowest BCUT2D eigenvalue weighted by Crippen LogP contribution is -2.41. The van der Waals surface area contributed by atoms with Crippen LogP contribution in [0.15, 0.2) is 35.3 Å². The minimum absolute atomic E-state index is 0.412. The van der Waals surface area contributed by atoms with E-state index in [0.29, 0.717) is 12.6 Å². The van der Waals surface area contributed by atoms with Gasteiger partial charge in [0.25, 0.3) is 0 Å². The fraction of sp³-hybridized carbons (Fsp3) is 0.444. The van der Waals surface area contributed by atoms with Gasteiger partial charge in [0.05, 0.1) is 12.2 Å². The van der Waals surface area contributed by atoms with Crippen molar-refractivity contribution in [2.75, 3.05) is 6.54 Å². The largest absolute Gasteiger partial charge is 0.357 e. The zero-order valence-electron chi connectivity index (χ0n) is 14.4. The van der Waals surface area contributed by atoms with Crippen LogP contribution >= 0.6 is 11.3 Å². The number of hydrogen-bond donors (Lipinski definition) is 2. The number of hydrogen-bond acceptors (Lipinski definition) is 3. The van der Waals surface area contributed by atoms with Gasteiger partial charge in [-0.05, 0) is 27.2 Å². The third-order valence-corrected chi connectivity index (χ3v) is 4.83. The van der Waals surface area contributed by atoms with E-state index in [0.717, 1.165) is 29.6 Å². The maximum absolute atomic E-state index is 4.70. The summed E-state index contributed by atoms with van der Waals surface area (Å²) in [6, 6.07) is 10.7. The highest BCUT2D eigenvalue weighted by atomic mass is 32.1. The second-order valence-electron chi connectivity index (χ2n) is 5.54. The molecule has 0 radical (unpaired) electrons. The molecule has 124 valence electrons. The van der Waals surface area contributed by atoms with Crippen LogP contribution in [-0.2, 0) is 6.54 Å². The van der Waals surface area contributed by atoms with E-state index < -0.39 is 0 Å². The van der Waals surface area contributed by atoms with Crippen molar-refractivity contribution in [1.82, 2.24) is 15.6 Å². The molecule has 4 nitrogen and oxygen atoms in total. The van der Waals surface area contributed by atoms with Crippen molar-refractivity contribution < 1.29 is 0 Å². The number of aliphatic imine (C=N–C) groups is 1. The van der Waals surface area contributed by atoms with E-state index in [2.05, 4.69) is 50.5 Å². The summed E-state index contributed by atoms with van der Waals surface area (Å²) in [5.74, 6) is 0.871. The van der Waals surface area contributed by atoms with E-state index in [1.807, 2.05) is 18.2 Å². The molecule has 0 saturated carbocycles. The number of aryl methyl sites for hydroxylation is 1. The quantitative estimate of drug-likeness (QED) is 0.622. The van der Waals surface area contributed by atoms with Crippen molar-refractivity contribution in [3.63, 3.8) is 0 Å². The number of guanidine groups is 1. The first-order valence-corrected chi connectivity index (χ1v) is 9.02. The lowest BCUT2D eigenvalue weighted by atomic mass is 10.2. The maximum Gasteiger partial charge on any atom is 0.191 e. The van der Waals surface area contributed by atoms with Gasteiger partial charge >= 0.3 is 0 Å². The van der Waals surface area contributed by atoms with Gasteiger partial charge in [-0.3, -0.25) is 0 Å². The Morgan fingerprint density at radius 3 is 2.65 bits per heavy atom. The lowest BCUT2D eigenvalue weighted by molar-refractivity contribution is 0.624. The summed E-state index contributed by atoms with van der Waals surface area (Å²) in [6.07, 6.45) is 1.07. The Bertz CT molecular complexity index is 634. The van der Waals surface area contributed by atoms with Crippen molar-refractivity contribution in [3.8, 4) is 10.6 Å². The van der Waals surface area contributed by atoms with Crippen molar-refractivity contribution in [2.24, 2.45) is 4.99 Å². The molecule has 0 saturated heterocycles. The van der Waals surface area contributed by atoms with Crippen LogP contribution in [0.25, 0.3) is 10.6 Å². The van der Waals surface area contributed by atoms with Gasteiger partial charge in [0.15, 0.2) is 5.96 Å². The zero-order valence-corrected chi connectivity index (χ0v) is 15.2. The second-order valence-corrected chi connectivity index (χ2v) is 6.63. The van der Waals surface area contributed by atoms with Gasteiger partial charge in [-0.2, -0.15) is 0 Å². The van der Waals surface area contributed by atoms with Gasteiger partial charge in [0.2, 0.25) is 0 Å². The predicted octanol–water partition coefficient (Wildman–Crippen LogP) is 3.97. The molecule has 0 fully saturated rings. The molecular weight excluding hydrogens is 304 g/mol. The third-order valence-electron chi connectivity index (χ3n) is 3.63. The van der Waals surface area contributed by atoms with Gasteiger partial charge in [-0.25, -0.2) is 9.98 Å². The summed E-state index contributed by atoms with van der Waals surface area (Å²) >= 11 is 1.72. The molecule has 1 aromatic heterocycles. The van der Waals surface area contributed by atoms with Crippen LogP contribution in [0.4, 0.5) is 0 Å². The molecular formula is C18H26N4S. The first kappa shape index (κ1) is 17.5. The fourth-order valence-electron chi connectivity index (χ4n) is 2.09. The molecule has 0 spiro atoms. The Hall–Kier alpha value is -1.88. The van der Waals surface area contributed by atoms with Crippen molar-refractivity contribution in [3.05, 3.63) is 40.9 Å². The summed E-state index contributed by atoms with van der Waals surface area (Å²) in [5, 5.41) is 7.78.